The molecule has 2 heterocycles. The van der Waals surface area contributed by atoms with Crippen molar-refractivity contribution in [2.24, 2.45) is 0 Å². The average Bonchev–Trinajstić information content (AvgIpc) is 3.05. The molecule has 1 aliphatic rings. The molecule has 5 nitrogen and oxygen atoms in total. The lowest BCUT2D eigenvalue weighted by atomic mass is 9.91. The van der Waals surface area contributed by atoms with Crippen molar-refractivity contribution in [1.29, 1.82) is 0 Å². The number of hydrogen-bond donors (Lipinski definition) is 3. The first-order chi connectivity index (χ1) is 10.3. The van der Waals surface area contributed by atoms with Crippen molar-refractivity contribution in [3.05, 3.63) is 48.4 Å². The molecular formula is C16H20N4O. The molecule has 5 heteroatoms. The zero-order valence-electron chi connectivity index (χ0n) is 11.9. The lowest BCUT2D eigenvalue weighted by Crippen LogP contribution is -2.40. The van der Waals surface area contributed by atoms with E-state index in [4.69, 9.17) is 0 Å². The van der Waals surface area contributed by atoms with E-state index in [1.54, 1.807) is 18.5 Å². The Hall–Kier alpha value is -2.30. The normalized spacial score (nSPS) is 21.7. The maximum Gasteiger partial charge on any atom is 0.267 e. The van der Waals surface area contributed by atoms with Crippen LogP contribution in [-0.2, 0) is 0 Å². The number of nitrogens with one attached hydrogen (secondary N) is 3. The highest BCUT2D eigenvalue weighted by atomic mass is 16.1. The molecule has 0 unspecified atom stereocenters. The first kappa shape index (κ1) is 13.7. The molecule has 1 aliphatic carbocycles. The molecule has 0 radical (unpaired) electrons. The molecule has 110 valence electrons. The molecule has 3 rings (SSSR count). The van der Waals surface area contributed by atoms with Gasteiger partial charge < -0.3 is 15.6 Å². The summed E-state index contributed by atoms with van der Waals surface area (Å²) in [5.41, 5.74) is 0.628. The maximum absolute atomic E-state index is 12.0. The predicted octanol–water partition coefficient (Wildman–Crippen LogP) is 2.56. The van der Waals surface area contributed by atoms with Gasteiger partial charge in [-0.2, -0.15) is 0 Å². The van der Waals surface area contributed by atoms with Crippen LogP contribution in [0, 0.1) is 0 Å². The molecule has 0 spiro atoms. The summed E-state index contributed by atoms with van der Waals surface area (Å²) in [5, 5.41) is 6.54. The summed E-state index contributed by atoms with van der Waals surface area (Å²) in [7, 11) is 0. The van der Waals surface area contributed by atoms with Crippen LogP contribution in [0.1, 0.15) is 36.2 Å². The summed E-state index contributed by atoms with van der Waals surface area (Å²) >= 11 is 0. The van der Waals surface area contributed by atoms with Crippen molar-refractivity contribution in [3.8, 4) is 0 Å². The van der Waals surface area contributed by atoms with E-state index in [1.165, 1.54) is 0 Å². The maximum atomic E-state index is 12.0. The van der Waals surface area contributed by atoms with Crippen LogP contribution in [-0.4, -0.2) is 28.0 Å². The molecule has 0 aromatic carbocycles. The predicted molar refractivity (Wildman–Crippen MR) is 82.2 cm³/mol. The largest absolute Gasteiger partial charge is 0.367 e. The van der Waals surface area contributed by atoms with Crippen LogP contribution in [0.3, 0.4) is 0 Å². The molecule has 0 saturated heterocycles. The number of rotatable bonds is 4. The number of pyridine rings is 1. The fourth-order valence-electron chi connectivity index (χ4n) is 2.77. The van der Waals surface area contributed by atoms with E-state index in [9.17, 15) is 4.79 Å². The second kappa shape index (κ2) is 6.43. The van der Waals surface area contributed by atoms with Crippen molar-refractivity contribution in [2.75, 3.05) is 5.32 Å². The number of aromatic amines is 1. The van der Waals surface area contributed by atoms with Gasteiger partial charge in [0.15, 0.2) is 0 Å². The molecule has 3 N–H and O–H groups in total. The number of anilines is 1. The van der Waals surface area contributed by atoms with E-state index in [0.29, 0.717) is 11.7 Å². The van der Waals surface area contributed by atoms with Crippen LogP contribution in [0.5, 0.6) is 0 Å². The van der Waals surface area contributed by atoms with Crippen LogP contribution in [0.15, 0.2) is 42.7 Å². The van der Waals surface area contributed by atoms with Crippen LogP contribution >= 0.6 is 0 Å². The zero-order valence-corrected chi connectivity index (χ0v) is 11.9. The van der Waals surface area contributed by atoms with Crippen molar-refractivity contribution in [1.82, 2.24) is 15.3 Å². The minimum absolute atomic E-state index is 0.0128. The van der Waals surface area contributed by atoms with Crippen molar-refractivity contribution in [3.63, 3.8) is 0 Å². The fourth-order valence-corrected chi connectivity index (χ4v) is 2.77. The van der Waals surface area contributed by atoms with Gasteiger partial charge in [-0.15, -0.1) is 0 Å². The highest BCUT2D eigenvalue weighted by Crippen LogP contribution is 2.21. The number of hydrogen-bond acceptors (Lipinski definition) is 3. The summed E-state index contributed by atoms with van der Waals surface area (Å²) in [4.78, 5) is 19.2. The van der Waals surface area contributed by atoms with Crippen molar-refractivity contribution >= 4 is 11.7 Å². The van der Waals surface area contributed by atoms with E-state index >= 15 is 0 Å². The van der Waals surface area contributed by atoms with Gasteiger partial charge in [0.1, 0.15) is 11.5 Å². The van der Waals surface area contributed by atoms with Gasteiger partial charge in [-0.1, -0.05) is 6.07 Å². The second-order valence-electron chi connectivity index (χ2n) is 5.47. The van der Waals surface area contributed by atoms with Crippen LogP contribution in [0.25, 0.3) is 0 Å². The number of carbonyl (C=O) groups excluding carboxylic acids is 1. The van der Waals surface area contributed by atoms with Gasteiger partial charge in [-0.25, -0.2) is 4.98 Å². The minimum Gasteiger partial charge on any atom is -0.367 e. The quantitative estimate of drug-likeness (QED) is 0.808. The second-order valence-corrected chi connectivity index (χ2v) is 5.47. The molecule has 1 fully saturated rings. The third-order valence-electron chi connectivity index (χ3n) is 3.92. The molecule has 2 aromatic heterocycles. The van der Waals surface area contributed by atoms with Gasteiger partial charge in [0, 0.05) is 24.5 Å². The first-order valence-corrected chi connectivity index (χ1v) is 7.43. The Kier molecular flexibility index (Phi) is 4.19. The monoisotopic (exact) mass is 284 g/mol. The molecule has 1 amide bonds. The van der Waals surface area contributed by atoms with Crippen LogP contribution < -0.4 is 10.6 Å². The molecule has 2 aromatic rings. The Balaban J connectivity index is 1.46. The van der Waals surface area contributed by atoms with Crippen LogP contribution in [0.2, 0.25) is 0 Å². The van der Waals surface area contributed by atoms with Gasteiger partial charge in [-0.05, 0) is 49.9 Å². The molecule has 1 saturated carbocycles. The molecule has 21 heavy (non-hydrogen) atoms. The SMILES string of the molecule is O=C(NC1CCC(Nc2ccccn2)CC1)c1ccc[nH]1. The Morgan fingerprint density at radius 2 is 1.90 bits per heavy atom. The zero-order chi connectivity index (χ0) is 14.5. The third kappa shape index (κ3) is 3.62. The number of aromatic nitrogens is 2. The minimum atomic E-state index is -0.0128. The number of carbonyl (C=O) groups is 1. The first-order valence-electron chi connectivity index (χ1n) is 7.43. The summed E-state index contributed by atoms with van der Waals surface area (Å²) in [6.45, 7) is 0. The molecular weight excluding hydrogens is 264 g/mol. The van der Waals surface area contributed by atoms with Crippen LogP contribution in [0.4, 0.5) is 5.82 Å². The van der Waals surface area contributed by atoms with E-state index < -0.39 is 0 Å². The van der Waals surface area contributed by atoms with E-state index in [0.717, 1.165) is 31.5 Å². The highest BCUT2D eigenvalue weighted by Gasteiger charge is 2.23. The summed E-state index contributed by atoms with van der Waals surface area (Å²) < 4.78 is 0. The van der Waals surface area contributed by atoms with Gasteiger partial charge in [-0.3, -0.25) is 4.79 Å². The van der Waals surface area contributed by atoms with E-state index in [2.05, 4.69) is 20.6 Å². The highest BCUT2D eigenvalue weighted by molar-refractivity contribution is 5.92. The summed E-state index contributed by atoms with van der Waals surface area (Å²) in [6.07, 6.45) is 7.65. The van der Waals surface area contributed by atoms with Gasteiger partial charge in [0.05, 0.1) is 0 Å². The Bertz CT molecular complexity index is 559. The molecule has 0 bridgehead atoms. The van der Waals surface area contributed by atoms with E-state index in [-0.39, 0.29) is 11.9 Å². The number of H-pyrrole nitrogens is 1. The van der Waals surface area contributed by atoms with Gasteiger partial charge in [0.25, 0.3) is 5.91 Å². The lowest BCUT2D eigenvalue weighted by molar-refractivity contribution is 0.0922. The Morgan fingerprint density at radius 3 is 2.57 bits per heavy atom. The standard InChI is InChI=1S/C16H20N4O/c21-16(14-4-3-11-17-14)20-13-8-6-12(7-9-13)19-15-5-1-2-10-18-15/h1-5,10-13,17H,6-9H2,(H,18,19)(H,20,21). The topological polar surface area (TPSA) is 69.8 Å². The summed E-state index contributed by atoms with van der Waals surface area (Å²) in [6, 6.07) is 10.2. The Labute approximate surface area is 124 Å². The smallest absolute Gasteiger partial charge is 0.267 e. The average molecular weight is 284 g/mol. The van der Waals surface area contributed by atoms with Gasteiger partial charge in [0.2, 0.25) is 0 Å². The molecule has 0 atom stereocenters. The number of amides is 1. The Morgan fingerprint density at radius 1 is 1.10 bits per heavy atom. The molecule has 0 aliphatic heterocycles. The summed E-state index contributed by atoms with van der Waals surface area (Å²) in [5.74, 6) is 0.914. The number of nitrogens with zero attached hydrogens (tertiary/aromatic N) is 1. The van der Waals surface area contributed by atoms with E-state index in [1.807, 2.05) is 24.3 Å². The third-order valence-corrected chi connectivity index (χ3v) is 3.92. The van der Waals surface area contributed by atoms with Crippen molar-refractivity contribution < 1.29 is 4.79 Å². The lowest BCUT2D eigenvalue weighted by Gasteiger charge is -2.29. The fraction of sp³-hybridized carbons (Fsp3) is 0.375. The van der Waals surface area contributed by atoms with Gasteiger partial charge >= 0.3 is 0 Å². The van der Waals surface area contributed by atoms with Crippen molar-refractivity contribution in [2.45, 2.75) is 37.8 Å².